The van der Waals surface area contributed by atoms with Crippen molar-refractivity contribution in [1.29, 1.82) is 0 Å². The molecule has 0 saturated carbocycles. The maximum Gasteiger partial charge on any atom is 0.416 e. The largest absolute Gasteiger partial charge is 0.416 e. The van der Waals surface area contributed by atoms with Crippen LogP contribution >= 0.6 is 0 Å². The normalized spacial score (nSPS) is 17.8. The molecule has 1 atom stereocenters. The van der Waals surface area contributed by atoms with Gasteiger partial charge in [-0.2, -0.15) is 13.2 Å². The minimum atomic E-state index is -4.39. The molecule has 0 radical (unpaired) electrons. The van der Waals surface area contributed by atoms with Crippen LogP contribution in [0.5, 0.6) is 0 Å². The summed E-state index contributed by atoms with van der Waals surface area (Å²) in [5, 5.41) is 11.4. The number of ether oxygens (including phenoxy) is 1. The number of hydrogen-bond donors (Lipinski definition) is 1. The maximum absolute atomic E-state index is 13.1. The minimum Gasteiger partial charge on any atom is -0.370 e. The third kappa shape index (κ3) is 5.18. The van der Waals surface area contributed by atoms with Crippen LogP contribution in [0.1, 0.15) is 28.9 Å². The van der Waals surface area contributed by atoms with E-state index < -0.39 is 17.8 Å². The maximum atomic E-state index is 13.1. The highest BCUT2D eigenvalue weighted by molar-refractivity contribution is 5.80. The van der Waals surface area contributed by atoms with Crippen molar-refractivity contribution in [3.8, 4) is 0 Å². The molecular formula is C20H25F3N6O. The molecule has 1 fully saturated rings. The van der Waals surface area contributed by atoms with Gasteiger partial charge in [0.2, 0.25) is 0 Å². The van der Waals surface area contributed by atoms with Crippen LogP contribution in [0.25, 0.3) is 0 Å². The number of alkyl halides is 3. The van der Waals surface area contributed by atoms with Gasteiger partial charge in [-0.3, -0.25) is 0 Å². The number of guanidine groups is 1. The molecule has 2 aromatic rings. The van der Waals surface area contributed by atoms with Crippen molar-refractivity contribution >= 4 is 5.96 Å². The Balaban J connectivity index is 1.78. The van der Waals surface area contributed by atoms with Crippen molar-refractivity contribution in [2.45, 2.75) is 25.7 Å². The highest BCUT2D eigenvalue weighted by Gasteiger charge is 2.32. The van der Waals surface area contributed by atoms with Gasteiger partial charge in [0.05, 0.1) is 18.7 Å². The standard InChI is InChI=1S/C20H25F3N6O/c1-4-8-24-19(25-12-18-27-26-14(2)28(18)3)29-9-10-30-17(13-29)15-6-5-7-16(11-15)20(21,22)23/h4-7,11,17H,1,8-10,12-13H2,2-3H3,(H,24,25). The monoisotopic (exact) mass is 422 g/mol. The lowest BCUT2D eigenvalue weighted by molar-refractivity contribution is -0.137. The van der Waals surface area contributed by atoms with Gasteiger partial charge >= 0.3 is 6.18 Å². The summed E-state index contributed by atoms with van der Waals surface area (Å²) in [6.07, 6.45) is -3.17. The van der Waals surface area contributed by atoms with Gasteiger partial charge in [0.15, 0.2) is 11.8 Å². The van der Waals surface area contributed by atoms with Crippen molar-refractivity contribution in [2.24, 2.45) is 12.0 Å². The van der Waals surface area contributed by atoms with Crippen LogP contribution < -0.4 is 5.32 Å². The Morgan fingerprint density at radius 2 is 2.20 bits per heavy atom. The second-order valence-electron chi connectivity index (χ2n) is 6.96. The number of benzene rings is 1. The minimum absolute atomic E-state index is 0.322. The number of aromatic nitrogens is 3. The van der Waals surface area contributed by atoms with Crippen LogP contribution in [0.4, 0.5) is 13.2 Å². The molecule has 0 amide bonds. The van der Waals surface area contributed by atoms with Crippen LogP contribution in [0.2, 0.25) is 0 Å². The Labute approximate surface area is 173 Å². The highest BCUT2D eigenvalue weighted by Crippen LogP contribution is 2.32. The van der Waals surface area contributed by atoms with E-state index in [0.29, 0.717) is 50.1 Å². The van der Waals surface area contributed by atoms with E-state index >= 15 is 0 Å². The van der Waals surface area contributed by atoms with E-state index in [1.54, 1.807) is 12.1 Å². The zero-order valence-electron chi connectivity index (χ0n) is 17.0. The van der Waals surface area contributed by atoms with E-state index in [1.165, 1.54) is 6.07 Å². The lowest BCUT2D eigenvalue weighted by atomic mass is 10.0. The van der Waals surface area contributed by atoms with Gasteiger partial charge in [0, 0.05) is 20.1 Å². The predicted molar refractivity (Wildman–Crippen MR) is 107 cm³/mol. The zero-order valence-corrected chi connectivity index (χ0v) is 17.0. The van der Waals surface area contributed by atoms with E-state index in [9.17, 15) is 13.2 Å². The fourth-order valence-corrected chi connectivity index (χ4v) is 3.12. The Morgan fingerprint density at radius 3 is 2.87 bits per heavy atom. The second kappa shape index (κ2) is 9.29. The molecule has 1 unspecified atom stereocenters. The summed E-state index contributed by atoms with van der Waals surface area (Å²) in [7, 11) is 1.87. The molecule has 0 spiro atoms. The number of morpholine rings is 1. The molecule has 1 saturated heterocycles. The van der Waals surface area contributed by atoms with Crippen molar-refractivity contribution in [3.63, 3.8) is 0 Å². The van der Waals surface area contributed by atoms with E-state index in [1.807, 2.05) is 23.4 Å². The van der Waals surface area contributed by atoms with Gasteiger partial charge in [0.25, 0.3) is 0 Å². The molecule has 0 bridgehead atoms. The predicted octanol–water partition coefficient (Wildman–Crippen LogP) is 2.85. The molecule has 3 rings (SSSR count). The SMILES string of the molecule is C=CCNC(=NCc1nnc(C)n1C)N1CCOC(c2cccc(C(F)(F)F)c2)C1. The summed E-state index contributed by atoms with van der Waals surface area (Å²) in [6, 6.07) is 5.26. The van der Waals surface area contributed by atoms with Gasteiger partial charge in [-0.25, -0.2) is 4.99 Å². The first-order valence-corrected chi connectivity index (χ1v) is 9.57. The van der Waals surface area contributed by atoms with Gasteiger partial charge in [-0.05, 0) is 24.6 Å². The van der Waals surface area contributed by atoms with Crippen LogP contribution in [-0.4, -0.2) is 51.9 Å². The first kappa shape index (κ1) is 21.8. The Hall–Kier alpha value is -2.88. The molecule has 1 aliphatic rings. The Kier molecular flexibility index (Phi) is 6.76. The van der Waals surface area contributed by atoms with Gasteiger partial charge in [-0.1, -0.05) is 18.2 Å². The van der Waals surface area contributed by atoms with Crippen molar-refractivity contribution in [1.82, 2.24) is 25.0 Å². The summed E-state index contributed by atoms with van der Waals surface area (Å²) in [5.41, 5.74) is -0.196. The number of rotatable bonds is 5. The summed E-state index contributed by atoms with van der Waals surface area (Å²) >= 11 is 0. The highest BCUT2D eigenvalue weighted by atomic mass is 19.4. The fraction of sp³-hybridized carbons (Fsp3) is 0.450. The topological polar surface area (TPSA) is 67.6 Å². The lowest BCUT2D eigenvalue weighted by Crippen LogP contribution is -2.48. The van der Waals surface area contributed by atoms with Crippen LogP contribution in [-0.2, 0) is 24.5 Å². The number of nitrogens with zero attached hydrogens (tertiary/aromatic N) is 5. The second-order valence-corrected chi connectivity index (χ2v) is 6.96. The number of aliphatic imine (C=N–C) groups is 1. The number of halogens is 3. The Morgan fingerprint density at radius 1 is 1.40 bits per heavy atom. The van der Waals surface area contributed by atoms with Gasteiger partial charge in [0.1, 0.15) is 18.5 Å². The average molecular weight is 422 g/mol. The molecule has 1 N–H and O–H groups in total. The molecule has 1 aromatic heterocycles. The fourth-order valence-electron chi connectivity index (χ4n) is 3.12. The van der Waals surface area contributed by atoms with E-state index in [0.717, 1.165) is 18.0 Å². The van der Waals surface area contributed by atoms with Gasteiger partial charge < -0.3 is 19.5 Å². The Bertz CT molecular complexity index is 908. The molecule has 1 aliphatic heterocycles. The zero-order chi connectivity index (χ0) is 21.7. The molecule has 0 aliphatic carbocycles. The number of hydrogen-bond acceptors (Lipinski definition) is 4. The summed E-state index contributed by atoms with van der Waals surface area (Å²) < 4.78 is 46.8. The van der Waals surface area contributed by atoms with Crippen LogP contribution in [0, 0.1) is 6.92 Å². The third-order valence-electron chi connectivity index (χ3n) is 4.91. The van der Waals surface area contributed by atoms with E-state index in [-0.39, 0.29) is 0 Å². The van der Waals surface area contributed by atoms with Crippen molar-refractivity contribution in [2.75, 3.05) is 26.2 Å². The molecule has 10 heteroatoms. The average Bonchev–Trinajstić information content (AvgIpc) is 3.05. The van der Waals surface area contributed by atoms with Crippen LogP contribution in [0.15, 0.2) is 41.9 Å². The molecule has 162 valence electrons. The molecule has 30 heavy (non-hydrogen) atoms. The molecule has 2 heterocycles. The smallest absolute Gasteiger partial charge is 0.370 e. The first-order chi connectivity index (χ1) is 14.3. The van der Waals surface area contributed by atoms with Crippen molar-refractivity contribution < 1.29 is 17.9 Å². The summed E-state index contributed by atoms with van der Waals surface area (Å²) in [6.45, 7) is 7.72. The third-order valence-corrected chi connectivity index (χ3v) is 4.91. The lowest BCUT2D eigenvalue weighted by Gasteiger charge is -2.35. The van der Waals surface area contributed by atoms with Crippen molar-refractivity contribution in [3.05, 3.63) is 59.7 Å². The molecule has 7 nitrogen and oxygen atoms in total. The first-order valence-electron chi connectivity index (χ1n) is 9.57. The number of aryl methyl sites for hydroxylation is 1. The molecular weight excluding hydrogens is 397 g/mol. The van der Waals surface area contributed by atoms with Crippen LogP contribution in [0.3, 0.4) is 0 Å². The quantitative estimate of drug-likeness (QED) is 0.456. The van der Waals surface area contributed by atoms with E-state index in [2.05, 4.69) is 27.1 Å². The molecule has 1 aromatic carbocycles. The van der Waals surface area contributed by atoms with E-state index in [4.69, 9.17) is 4.74 Å². The number of nitrogens with one attached hydrogen (secondary N) is 1. The summed E-state index contributed by atoms with van der Waals surface area (Å²) in [5.74, 6) is 2.13. The van der Waals surface area contributed by atoms with Gasteiger partial charge in [-0.15, -0.1) is 16.8 Å². The summed E-state index contributed by atoms with van der Waals surface area (Å²) in [4.78, 5) is 6.61.